The lowest BCUT2D eigenvalue weighted by Gasteiger charge is -2.39. The van der Waals surface area contributed by atoms with Crippen molar-refractivity contribution in [1.29, 1.82) is 0 Å². The molecule has 0 saturated carbocycles. The molecule has 6 nitrogen and oxygen atoms in total. The summed E-state index contributed by atoms with van der Waals surface area (Å²) in [5.41, 5.74) is 5.77. The van der Waals surface area contributed by atoms with Crippen molar-refractivity contribution in [1.82, 2.24) is 10.2 Å². The molecule has 1 aliphatic rings. The van der Waals surface area contributed by atoms with Crippen LogP contribution in [0.3, 0.4) is 0 Å². The van der Waals surface area contributed by atoms with E-state index in [1.165, 1.54) is 6.92 Å². The number of nitrogens with zero attached hydrogens (tertiary/aromatic N) is 2. The van der Waals surface area contributed by atoms with Crippen LogP contribution < -0.4 is 11.1 Å². The number of nitrogens with two attached hydrogens (primary N) is 1. The first-order valence-electron chi connectivity index (χ1n) is 9.01. The van der Waals surface area contributed by atoms with Gasteiger partial charge in [-0.1, -0.05) is 26.7 Å². The van der Waals surface area contributed by atoms with E-state index in [0.717, 1.165) is 57.9 Å². The Morgan fingerprint density at radius 1 is 1.26 bits per heavy atom. The highest BCUT2D eigenvalue weighted by Gasteiger charge is 2.34. The molecule has 23 heavy (non-hydrogen) atoms. The van der Waals surface area contributed by atoms with Crippen LogP contribution in [0.5, 0.6) is 0 Å². The van der Waals surface area contributed by atoms with Crippen LogP contribution in [0.4, 0.5) is 0 Å². The summed E-state index contributed by atoms with van der Waals surface area (Å²) in [6, 6.07) is 0. The molecule has 0 radical (unpaired) electrons. The molecule has 1 aliphatic heterocycles. The van der Waals surface area contributed by atoms with Crippen molar-refractivity contribution in [2.45, 2.75) is 77.9 Å². The van der Waals surface area contributed by atoms with Gasteiger partial charge in [-0.2, -0.15) is 0 Å². The van der Waals surface area contributed by atoms with E-state index in [-0.39, 0.29) is 5.91 Å². The van der Waals surface area contributed by atoms with Crippen molar-refractivity contribution in [3.05, 3.63) is 0 Å². The second-order valence-electron chi connectivity index (χ2n) is 6.35. The highest BCUT2D eigenvalue weighted by atomic mass is 16.5. The van der Waals surface area contributed by atoms with Crippen LogP contribution in [-0.4, -0.2) is 42.3 Å². The second kappa shape index (κ2) is 10.5. The Labute approximate surface area is 140 Å². The number of amides is 1. The van der Waals surface area contributed by atoms with Crippen molar-refractivity contribution in [2.24, 2.45) is 10.7 Å². The van der Waals surface area contributed by atoms with Crippen LogP contribution in [0.1, 0.15) is 72.1 Å². The first kappa shape index (κ1) is 19.7. The number of aliphatic imine (C=N–C) groups is 1. The summed E-state index contributed by atoms with van der Waals surface area (Å²) in [5.74, 6) is 0.618. The van der Waals surface area contributed by atoms with Crippen LogP contribution >= 0.6 is 0 Å². The van der Waals surface area contributed by atoms with Gasteiger partial charge in [0.1, 0.15) is 6.73 Å². The fraction of sp³-hybridized carbons (Fsp3) is 0.882. The van der Waals surface area contributed by atoms with Crippen molar-refractivity contribution in [3.63, 3.8) is 0 Å². The molecule has 6 heteroatoms. The molecule has 1 heterocycles. The number of rotatable bonds is 11. The first-order chi connectivity index (χ1) is 11.0. The monoisotopic (exact) mass is 326 g/mol. The van der Waals surface area contributed by atoms with Gasteiger partial charge in [0.05, 0.1) is 0 Å². The number of nitrogens with one attached hydrogen (secondary N) is 1. The Kier molecular flexibility index (Phi) is 8.99. The molecule has 0 aromatic carbocycles. The van der Waals surface area contributed by atoms with Gasteiger partial charge in [0.2, 0.25) is 5.91 Å². The summed E-state index contributed by atoms with van der Waals surface area (Å²) in [7, 11) is 0. The van der Waals surface area contributed by atoms with E-state index in [1.807, 2.05) is 4.90 Å². The smallest absolute Gasteiger partial charge is 0.216 e. The standard InChI is InChI=1S/C17H34N4O2/c1-4-6-10-17(11-7-5-2)20-16(18)21(14-23-17)13-9-8-12-19-15(3)22/h4-14H2,1-3H3,(H2,18,20)(H,19,22). The predicted molar refractivity (Wildman–Crippen MR) is 94.0 cm³/mol. The zero-order chi connectivity index (χ0) is 17.1. The van der Waals surface area contributed by atoms with Gasteiger partial charge in [-0.3, -0.25) is 4.79 Å². The first-order valence-corrected chi connectivity index (χ1v) is 9.01. The fourth-order valence-electron chi connectivity index (χ4n) is 2.73. The third-order valence-corrected chi connectivity index (χ3v) is 4.20. The van der Waals surface area contributed by atoms with E-state index in [2.05, 4.69) is 19.2 Å². The molecule has 0 aromatic rings. The summed E-state index contributed by atoms with van der Waals surface area (Å²) in [5, 5.41) is 2.80. The maximum atomic E-state index is 10.8. The van der Waals surface area contributed by atoms with Gasteiger partial charge < -0.3 is 20.7 Å². The molecule has 0 fully saturated rings. The van der Waals surface area contributed by atoms with E-state index in [4.69, 9.17) is 15.5 Å². The molecule has 134 valence electrons. The average molecular weight is 326 g/mol. The van der Waals surface area contributed by atoms with Crippen molar-refractivity contribution >= 4 is 11.9 Å². The summed E-state index contributed by atoms with van der Waals surface area (Å²) >= 11 is 0. The molecule has 1 rings (SSSR count). The number of ether oxygens (including phenoxy) is 1. The Bertz CT molecular complexity index is 377. The van der Waals surface area contributed by atoms with Gasteiger partial charge in [0.25, 0.3) is 0 Å². The van der Waals surface area contributed by atoms with E-state index in [9.17, 15) is 4.79 Å². The maximum Gasteiger partial charge on any atom is 0.216 e. The third-order valence-electron chi connectivity index (χ3n) is 4.20. The minimum atomic E-state index is -0.414. The van der Waals surface area contributed by atoms with Gasteiger partial charge in [0.15, 0.2) is 11.7 Å². The average Bonchev–Trinajstić information content (AvgIpc) is 2.52. The normalized spacial score (nSPS) is 17.0. The Balaban J connectivity index is 2.49. The van der Waals surface area contributed by atoms with Crippen LogP contribution in [0.25, 0.3) is 0 Å². The zero-order valence-electron chi connectivity index (χ0n) is 15.1. The highest BCUT2D eigenvalue weighted by molar-refractivity contribution is 5.78. The lowest BCUT2D eigenvalue weighted by Crippen LogP contribution is -2.50. The number of hydrogen-bond donors (Lipinski definition) is 2. The molecule has 0 spiro atoms. The molecular weight excluding hydrogens is 292 g/mol. The number of guanidine groups is 1. The summed E-state index contributed by atoms with van der Waals surface area (Å²) in [6.45, 7) is 7.94. The number of carbonyl (C=O) groups is 1. The quantitative estimate of drug-likeness (QED) is 0.572. The molecule has 0 aliphatic carbocycles. The maximum absolute atomic E-state index is 10.8. The largest absolute Gasteiger partial charge is 0.370 e. The fourth-order valence-corrected chi connectivity index (χ4v) is 2.73. The number of carbonyl (C=O) groups excluding carboxylic acids is 1. The van der Waals surface area contributed by atoms with Crippen LogP contribution in [0.15, 0.2) is 4.99 Å². The predicted octanol–water partition coefficient (Wildman–Crippen LogP) is 2.58. The Morgan fingerprint density at radius 2 is 1.91 bits per heavy atom. The molecule has 0 atom stereocenters. The lowest BCUT2D eigenvalue weighted by atomic mass is 9.99. The van der Waals surface area contributed by atoms with Crippen molar-refractivity contribution in [2.75, 3.05) is 19.8 Å². The van der Waals surface area contributed by atoms with Crippen molar-refractivity contribution < 1.29 is 9.53 Å². The van der Waals surface area contributed by atoms with Gasteiger partial charge in [-0.05, 0) is 38.5 Å². The molecular formula is C17H34N4O2. The summed E-state index contributed by atoms with van der Waals surface area (Å²) in [4.78, 5) is 17.5. The Hall–Kier alpha value is -1.30. The molecule has 0 unspecified atom stereocenters. The summed E-state index contributed by atoms with van der Waals surface area (Å²) < 4.78 is 6.14. The van der Waals surface area contributed by atoms with Crippen LogP contribution in [0, 0.1) is 0 Å². The van der Waals surface area contributed by atoms with E-state index >= 15 is 0 Å². The Morgan fingerprint density at radius 3 is 2.43 bits per heavy atom. The molecule has 0 saturated heterocycles. The lowest BCUT2D eigenvalue weighted by molar-refractivity contribution is -0.119. The van der Waals surface area contributed by atoms with Gasteiger partial charge in [-0.15, -0.1) is 0 Å². The van der Waals surface area contributed by atoms with Crippen LogP contribution in [-0.2, 0) is 9.53 Å². The molecule has 0 bridgehead atoms. The SMILES string of the molecule is CCCCC1(CCCC)N=C(N)N(CCCCNC(C)=O)CO1. The minimum Gasteiger partial charge on any atom is -0.370 e. The van der Waals surface area contributed by atoms with Gasteiger partial charge >= 0.3 is 0 Å². The molecule has 3 N–H and O–H groups in total. The highest BCUT2D eigenvalue weighted by Crippen LogP contribution is 2.30. The van der Waals surface area contributed by atoms with E-state index in [1.54, 1.807) is 0 Å². The number of hydrogen-bond acceptors (Lipinski definition) is 5. The minimum absolute atomic E-state index is 0.0176. The zero-order valence-corrected chi connectivity index (χ0v) is 15.1. The van der Waals surface area contributed by atoms with Gasteiger partial charge in [-0.25, -0.2) is 4.99 Å². The molecule has 1 amide bonds. The summed E-state index contributed by atoms with van der Waals surface area (Å²) in [6.07, 6.45) is 8.27. The second-order valence-corrected chi connectivity index (χ2v) is 6.35. The van der Waals surface area contributed by atoms with Crippen molar-refractivity contribution in [3.8, 4) is 0 Å². The van der Waals surface area contributed by atoms with Crippen LogP contribution in [0.2, 0.25) is 0 Å². The van der Waals surface area contributed by atoms with E-state index < -0.39 is 5.72 Å². The van der Waals surface area contributed by atoms with Gasteiger partial charge in [0, 0.05) is 20.0 Å². The topological polar surface area (TPSA) is 80.0 Å². The van der Waals surface area contributed by atoms with E-state index in [0.29, 0.717) is 19.2 Å². The number of unbranched alkanes of at least 4 members (excludes halogenated alkanes) is 3. The third kappa shape index (κ3) is 7.20. The molecule has 0 aromatic heterocycles.